The number of oxazole rings is 1. The maximum absolute atomic E-state index is 12.3. The van der Waals surface area contributed by atoms with Crippen molar-refractivity contribution in [1.82, 2.24) is 4.57 Å². The molecule has 4 rings (SSSR count). The summed E-state index contributed by atoms with van der Waals surface area (Å²) in [6.45, 7) is -0.718. The highest BCUT2D eigenvalue weighted by molar-refractivity contribution is 5.98. The second kappa shape index (κ2) is 7.98. The van der Waals surface area contributed by atoms with Crippen LogP contribution in [0.5, 0.6) is 0 Å². The standard InChI is InChI=1S/C23H17NO5/c25-20(18-12-10-17(11-13-18)16-6-2-1-3-7-16)15-28-22(26)14-24-19-8-4-5-9-21(19)29-23(24)27/h1-13H,14-15H2. The predicted molar refractivity (Wildman–Crippen MR) is 108 cm³/mol. The Balaban J connectivity index is 1.38. The van der Waals surface area contributed by atoms with E-state index in [0.29, 0.717) is 16.7 Å². The number of fused-ring (bicyclic) bond motifs is 1. The summed E-state index contributed by atoms with van der Waals surface area (Å²) in [5, 5.41) is 0. The fourth-order valence-electron chi connectivity index (χ4n) is 3.05. The van der Waals surface area contributed by atoms with Gasteiger partial charge in [0.25, 0.3) is 0 Å². The molecule has 0 atom stereocenters. The van der Waals surface area contributed by atoms with Gasteiger partial charge in [-0.1, -0.05) is 66.7 Å². The van der Waals surface area contributed by atoms with E-state index >= 15 is 0 Å². The quantitative estimate of drug-likeness (QED) is 0.372. The number of ketones is 1. The molecule has 0 bridgehead atoms. The summed E-state index contributed by atoms with van der Waals surface area (Å²) in [6, 6.07) is 23.7. The predicted octanol–water partition coefficient (Wildman–Crippen LogP) is 3.69. The van der Waals surface area contributed by atoms with Crippen LogP contribution in [0.15, 0.2) is 88.1 Å². The molecule has 29 heavy (non-hydrogen) atoms. The van der Waals surface area contributed by atoms with Crippen LogP contribution in [0.4, 0.5) is 0 Å². The van der Waals surface area contributed by atoms with Gasteiger partial charge in [-0.05, 0) is 23.3 Å². The molecule has 0 N–H and O–H groups in total. The first-order valence-electron chi connectivity index (χ1n) is 9.04. The Morgan fingerprint density at radius 2 is 1.48 bits per heavy atom. The topological polar surface area (TPSA) is 78.5 Å². The molecule has 6 nitrogen and oxygen atoms in total. The van der Waals surface area contributed by atoms with Gasteiger partial charge in [-0.2, -0.15) is 0 Å². The summed E-state index contributed by atoms with van der Waals surface area (Å²) < 4.78 is 11.3. The third-order valence-corrected chi connectivity index (χ3v) is 4.54. The lowest BCUT2D eigenvalue weighted by Gasteiger charge is -2.06. The number of carbonyl (C=O) groups excluding carboxylic acids is 2. The molecule has 4 aromatic rings. The van der Waals surface area contributed by atoms with E-state index in [0.717, 1.165) is 11.1 Å². The summed E-state index contributed by atoms with van der Waals surface area (Å²) in [6.07, 6.45) is 0. The van der Waals surface area contributed by atoms with Crippen LogP contribution in [0.1, 0.15) is 10.4 Å². The molecule has 0 saturated carbocycles. The highest BCUT2D eigenvalue weighted by Gasteiger charge is 2.15. The first-order valence-corrected chi connectivity index (χ1v) is 9.04. The third-order valence-electron chi connectivity index (χ3n) is 4.54. The molecule has 1 aromatic heterocycles. The van der Waals surface area contributed by atoms with Gasteiger partial charge >= 0.3 is 11.7 Å². The lowest BCUT2D eigenvalue weighted by Crippen LogP contribution is -2.23. The van der Waals surface area contributed by atoms with Crippen LogP contribution in [0.3, 0.4) is 0 Å². The molecule has 3 aromatic carbocycles. The number of hydrogen-bond donors (Lipinski definition) is 0. The zero-order valence-corrected chi connectivity index (χ0v) is 15.4. The molecular formula is C23H17NO5. The summed E-state index contributed by atoms with van der Waals surface area (Å²) in [5.74, 6) is -1.65. The molecule has 144 valence electrons. The van der Waals surface area contributed by atoms with Crippen LogP contribution in [0.2, 0.25) is 0 Å². The molecular weight excluding hydrogens is 370 g/mol. The minimum absolute atomic E-state index is 0.317. The van der Waals surface area contributed by atoms with Crippen LogP contribution >= 0.6 is 0 Å². The SMILES string of the molecule is O=C(Cn1c(=O)oc2ccccc21)OCC(=O)c1ccc(-c2ccccc2)cc1. The van der Waals surface area contributed by atoms with Gasteiger partial charge in [-0.25, -0.2) is 4.79 Å². The molecule has 0 spiro atoms. The molecule has 0 aliphatic heterocycles. The van der Waals surface area contributed by atoms with Gasteiger partial charge in [0, 0.05) is 5.56 Å². The number of hydrogen-bond acceptors (Lipinski definition) is 5. The van der Waals surface area contributed by atoms with Crippen LogP contribution in [0.25, 0.3) is 22.2 Å². The number of nitrogens with zero attached hydrogens (tertiary/aromatic N) is 1. The van der Waals surface area contributed by atoms with Crippen molar-refractivity contribution in [3.63, 3.8) is 0 Å². The highest BCUT2D eigenvalue weighted by Crippen LogP contribution is 2.19. The van der Waals surface area contributed by atoms with Crippen molar-refractivity contribution >= 4 is 22.9 Å². The Kier molecular flexibility index (Phi) is 5.07. The van der Waals surface area contributed by atoms with Crippen molar-refractivity contribution in [2.24, 2.45) is 0 Å². The highest BCUT2D eigenvalue weighted by atomic mass is 16.5. The molecule has 0 unspecified atom stereocenters. The Morgan fingerprint density at radius 3 is 2.24 bits per heavy atom. The van der Waals surface area contributed by atoms with Crippen LogP contribution in [-0.4, -0.2) is 22.9 Å². The van der Waals surface area contributed by atoms with Crippen molar-refractivity contribution < 1.29 is 18.7 Å². The smallest absolute Gasteiger partial charge is 0.420 e. The van der Waals surface area contributed by atoms with Gasteiger partial charge < -0.3 is 9.15 Å². The summed E-state index contributed by atoms with van der Waals surface area (Å²) in [7, 11) is 0. The number of ether oxygens (including phenoxy) is 1. The summed E-state index contributed by atoms with van der Waals surface area (Å²) in [5.41, 5.74) is 3.38. The number of rotatable bonds is 6. The second-order valence-corrected chi connectivity index (χ2v) is 6.45. The fraction of sp³-hybridized carbons (Fsp3) is 0.0870. The molecule has 0 radical (unpaired) electrons. The van der Waals surface area contributed by atoms with Gasteiger partial charge in [0.1, 0.15) is 6.54 Å². The molecule has 0 fully saturated rings. The zero-order chi connectivity index (χ0) is 20.2. The van der Waals surface area contributed by atoms with Crippen LogP contribution < -0.4 is 5.76 Å². The van der Waals surface area contributed by atoms with E-state index in [1.165, 1.54) is 4.57 Å². The van der Waals surface area contributed by atoms with Crippen molar-refractivity contribution in [1.29, 1.82) is 0 Å². The largest absolute Gasteiger partial charge is 0.456 e. The summed E-state index contributed by atoms with van der Waals surface area (Å²) >= 11 is 0. The number of aromatic nitrogens is 1. The van der Waals surface area contributed by atoms with Gasteiger partial charge in [-0.3, -0.25) is 14.2 Å². The number of para-hydroxylation sites is 2. The average Bonchev–Trinajstić information content (AvgIpc) is 3.08. The van der Waals surface area contributed by atoms with E-state index in [4.69, 9.17) is 9.15 Å². The second-order valence-electron chi connectivity index (χ2n) is 6.45. The number of benzene rings is 3. The number of Topliss-reactive ketones (excluding diaryl/α,β-unsaturated/α-hetero) is 1. The molecule has 1 heterocycles. The Bertz CT molecular complexity index is 1220. The lowest BCUT2D eigenvalue weighted by molar-refractivity contribution is -0.143. The minimum Gasteiger partial charge on any atom is -0.456 e. The van der Waals surface area contributed by atoms with Crippen molar-refractivity contribution in [3.05, 3.63) is 95.0 Å². The van der Waals surface area contributed by atoms with Gasteiger partial charge in [0.15, 0.2) is 18.0 Å². The summed E-state index contributed by atoms with van der Waals surface area (Å²) in [4.78, 5) is 36.3. The Morgan fingerprint density at radius 1 is 0.828 bits per heavy atom. The van der Waals surface area contributed by atoms with E-state index in [1.807, 2.05) is 42.5 Å². The van der Waals surface area contributed by atoms with Crippen molar-refractivity contribution in [3.8, 4) is 11.1 Å². The van der Waals surface area contributed by atoms with E-state index < -0.39 is 18.3 Å². The Labute approximate surface area is 166 Å². The average molecular weight is 387 g/mol. The molecule has 6 heteroatoms. The van der Waals surface area contributed by atoms with Crippen LogP contribution in [-0.2, 0) is 16.1 Å². The third kappa shape index (κ3) is 4.01. The Hall–Kier alpha value is -3.93. The van der Waals surface area contributed by atoms with Crippen LogP contribution in [0, 0.1) is 0 Å². The normalized spacial score (nSPS) is 10.8. The maximum atomic E-state index is 12.3. The molecule has 0 saturated heterocycles. The van der Waals surface area contributed by atoms with E-state index in [2.05, 4.69) is 0 Å². The number of esters is 1. The fourth-order valence-corrected chi connectivity index (χ4v) is 3.05. The van der Waals surface area contributed by atoms with Crippen molar-refractivity contribution in [2.75, 3.05) is 6.61 Å². The van der Waals surface area contributed by atoms with Gasteiger partial charge in [0.05, 0.1) is 5.52 Å². The number of carbonyl (C=O) groups is 2. The van der Waals surface area contributed by atoms with Crippen molar-refractivity contribution in [2.45, 2.75) is 6.54 Å². The lowest BCUT2D eigenvalue weighted by atomic mass is 10.0. The monoisotopic (exact) mass is 387 g/mol. The first kappa shape index (κ1) is 18.4. The zero-order valence-electron chi connectivity index (χ0n) is 15.4. The molecule has 0 aliphatic rings. The van der Waals surface area contributed by atoms with E-state index in [-0.39, 0.29) is 12.3 Å². The maximum Gasteiger partial charge on any atom is 0.420 e. The molecule has 0 amide bonds. The van der Waals surface area contributed by atoms with Gasteiger partial charge in [0.2, 0.25) is 0 Å². The van der Waals surface area contributed by atoms with Gasteiger partial charge in [-0.15, -0.1) is 0 Å². The molecule has 0 aliphatic carbocycles. The minimum atomic E-state index is -0.687. The first-order chi connectivity index (χ1) is 14.1. The van der Waals surface area contributed by atoms with E-state index in [9.17, 15) is 14.4 Å². The van der Waals surface area contributed by atoms with E-state index in [1.54, 1.807) is 36.4 Å².